The molecule has 1 saturated heterocycles. The molecule has 1 N–H and O–H groups in total. The summed E-state index contributed by atoms with van der Waals surface area (Å²) in [6, 6.07) is 0. The molecule has 0 atom stereocenters. The van der Waals surface area contributed by atoms with Crippen LogP contribution in [0.3, 0.4) is 0 Å². The fraction of sp³-hybridized carbons (Fsp3) is 0.750. The molecule has 1 aromatic rings. The largest absolute Gasteiger partial charge is 0.377 e. The molecule has 4 nitrogen and oxygen atoms in total. The van der Waals surface area contributed by atoms with Gasteiger partial charge in [-0.1, -0.05) is 0 Å². The van der Waals surface area contributed by atoms with Crippen LogP contribution in [0.1, 0.15) is 18.5 Å². The molecule has 0 bridgehead atoms. The molecule has 0 aliphatic carbocycles. The minimum Gasteiger partial charge on any atom is -0.377 e. The van der Waals surface area contributed by atoms with E-state index in [-0.39, 0.29) is 0 Å². The Hall–Kier alpha value is -0.490. The number of rotatable bonds is 6. The molecule has 0 unspecified atom stereocenters. The zero-order valence-corrected chi connectivity index (χ0v) is 11.2. The Balaban J connectivity index is 1.58. The molecule has 1 fully saturated rings. The number of aromatic nitrogens is 1. The summed E-state index contributed by atoms with van der Waals surface area (Å²) >= 11 is 1.65. The van der Waals surface area contributed by atoms with Gasteiger partial charge in [0.2, 0.25) is 0 Å². The third kappa shape index (κ3) is 4.71. The lowest BCUT2D eigenvalue weighted by molar-refractivity contribution is 0.0223. The lowest BCUT2D eigenvalue weighted by atomic mass is 10.1. The Labute approximate surface area is 107 Å². The molecule has 0 radical (unpaired) electrons. The lowest BCUT2D eigenvalue weighted by Gasteiger charge is -2.24. The van der Waals surface area contributed by atoms with Gasteiger partial charge in [-0.15, -0.1) is 11.3 Å². The topological polar surface area (TPSA) is 37.4 Å². The maximum Gasteiger partial charge on any atom is 0.0795 e. The van der Waals surface area contributed by atoms with Crippen LogP contribution in [0.15, 0.2) is 10.9 Å². The first-order valence-corrected chi connectivity index (χ1v) is 7.17. The van der Waals surface area contributed by atoms with Gasteiger partial charge < -0.3 is 10.1 Å². The van der Waals surface area contributed by atoms with Crippen LogP contribution in [0.5, 0.6) is 0 Å². The van der Waals surface area contributed by atoms with Crippen LogP contribution in [-0.2, 0) is 11.3 Å². The molecule has 0 spiro atoms. The van der Waals surface area contributed by atoms with E-state index >= 15 is 0 Å². The number of thiazole rings is 1. The Morgan fingerprint density at radius 1 is 1.53 bits per heavy atom. The van der Waals surface area contributed by atoms with Crippen LogP contribution in [0, 0.1) is 0 Å². The van der Waals surface area contributed by atoms with Gasteiger partial charge in [0.25, 0.3) is 0 Å². The Bertz CT molecular complexity index is 299. The van der Waals surface area contributed by atoms with Crippen molar-refractivity contribution in [2.24, 2.45) is 0 Å². The summed E-state index contributed by atoms with van der Waals surface area (Å²) in [5, 5.41) is 5.45. The highest BCUT2D eigenvalue weighted by Gasteiger charge is 2.13. The van der Waals surface area contributed by atoms with Crippen LogP contribution in [0.4, 0.5) is 0 Å². The highest BCUT2D eigenvalue weighted by Crippen LogP contribution is 2.07. The number of likely N-dealkylation sites (N-methyl/N-ethyl adjacent to an activating group) is 1. The van der Waals surface area contributed by atoms with Gasteiger partial charge >= 0.3 is 0 Å². The SMILES string of the molecule is CN(CCOC1CCNCC1)Cc1cscn1. The average Bonchev–Trinajstić information content (AvgIpc) is 2.83. The Morgan fingerprint density at radius 3 is 3.06 bits per heavy atom. The summed E-state index contributed by atoms with van der Waals surface area (Å²) in [6.07, 6.45) is 2.76. The summed E-state index contributed by atoms with van der Waals surface area (Å²) in [5.41, 5.74) is 3.04. The Kier molecular flexibility index (Phi) is 5.38. The molecule has 0 aromatic carbocycles. The zero-order chi connectivity index (χ0) is 11.9. The van der Waals surface area contributed by atoms with E-state index < -0.39 is 0 Å². The summed E-state index contributed by atoms with van der Waals surface area (Å²) in [5.74, 6) is 0. The molecule has 1 aromatic heterocycles. The van der Waals surface area contributed by atoms with Crippen molar-refractivity contribution in [3.8, 4) is 0 Å². The number of piperidine rings is 1. The van der Waals surface area contributed by atoms with Crippen molar-refractivity contribution < 1.29 is 4.74 Å². The fourth-order valence-corrected chi connectivity index (χ4v) is 2.56. The number of nitrogens with zero attached hydrogens (tertiary/aromatic N) is 2. The number of hydrogen-bond donors (Lipinski definition) is 1. The maximum atomic E-state index is 5.87. The van der Waals surface area contributed by atoms with E-state index in [2.05, 4.69) is 27.6 Å². The van der Waals surface area contributed by atoms with Crippen molar-refractivity contribution in [2.45, 2.75) is 25.5 Å². The molecule has 96 valence electrons. The molecule has 17 heavy (non-hydrogen) atoms. The van der Waals surface area contributed by atoms with E-state index in [0.29, 0.717) is 6.10 Å². The molecular weight excluding hydrogens is 234 g/mol. The van der Waals surface area contributed by atoms with Gasteiger partial charge in [-0.2, -0.15) is 0 Å². The van der Waals surface area contributed by atoms with E-state index in [1.165, 1.54) is 0 Å². The van der Waals surface area contributed by atoms with Crippen molar-refractivity contribution in [3.05, 3.63) is 16.6 Å². The second kappa shape index (κ2) is 7.06. The first-order valence-electron chi connectivity index (χ1n) is 6.22. The summed E-state index contributed by atoms with van der Waals surface area (Å²) in [7, 11) is 2.12. The van der Waals surface area contributed by atoms with Gasteiger partial charge in [-0.05, 0) is 33.0 Å². The standard InChI is InChI=1S/C12H21N3OS/c1-15(8-11-9-17-10-14-11)6-7-16-12-2-4-13-5-3-12/h9-10,12-13H,2-8H2,1H3. The van der Waals surface area contributed by atoms with Crippen molar-refractivity contribution in [2.75, 3.05) is 33.3 Å². The monoisotopic (exact) mass is 255 g/mol. The second-order valence-corrected chi connectivity index (χ2v) is 5.26. The first kappa shape index (κ1) is 13.0. The molecule has 0 saturated carbocycles. The van der Waals surface area contributed by atoms with Crippen LogP contribution in [0.2, 0.25) is 0 Å². The molecular formula is C12H21N3OS. The van der Waals surface area contributed by atoms with Gasteiger partial charge in [0.15, 0.2) is 0 Å². The maximum absolute atomic E-state index is 5.87. The van der Waals surface area contributed by atoms with Crippen molar-refractivity contribution in [3.63, 3.8) is 0 Å². The van der Waals surface area contributed by atoms with Crippen LogP contribution >= 0.6 is 11.3 Å². The molecule has 0 amide bonds. The summed E-state index contributed by atoms with van der Waals surface area (Å²) in [6.45, 7) is 4.91. The quantitative estimate of drug-likeness (QED) is 0.832. The second-order valence-electron chi connectivity index (χ2n) is 4.54. The summed E-state index contributed by atoms with van der Waals surface area (Å²) in [4.78, 5) is 6.54. The van der Waals surface area contributed by atoms with Gasteiger partial charge in [0, 0.05) is 18.5 Å². The van der Waals surface area contributed by atoms with Crippen LogP contribution in [-0.4, -0.2) is 49.3 Å². The number of nitrogens with one attached hydrogen (secondary N) is 1. The minimum atomic E-state index is 0.462. The number of hydrogen-bond acceptors (Lipinski definition) is 5. The minimum absolute atomic E-state index is 0.462. The summed E-state index contributed by atoms with van der Waals surface area (Å²) < 4.78 is 5.87. The predicted octanol–water partition coefficient (Wildman–Crippen LogP) is 1.34. The molecule has 5 heteroatoms. The van der Waals surface area contributed by atoms with Crippen LogP contribution in [0.25, 0.3) is 0 Å². The van der Waals surface area contributed by atoms with E-state index in [9.17, 15) is 0 Å². The van der Waals surface area contributed by atoms with Crippen molar-refractivity contribution in [1.82, 2.24) is 15.2 Å². The third-order valence-electron chi connectivity index (χ3n) is 3.03. The molecule has 1 aliphatic rings. The van der Waals surface area contributed by atoms with E-state index in [1.54, 1.807) is 11.3 Å². The van der Waals surface area contributed by atoms with E-state index in [4.69, 9.17) is 4.74 Å². The normalized spacial score (nSPS) is 17.8. The van der Waals surface area contributed by atoms with Gasteiger partial charge in [-0.3, -0.25) is 4.90 Å². The smallest absolute Gasteiger partial charge is 0.0795 e. The zero-order valence-electron chi connectivity index (χ0n) is 10.4. The van der Waals surface area contributed by atoms with E-state index in [1.807, 2.05) is 5.51 Å². The molecule has 2 heterocycles. The molecule has 2 rings (SSSR count). The van der Waals surface area contributed by atoms with Crippen molar-refractivity contribution in [1.29, 1.82) is 0 Å². The first-order chi connectivity index (χ1) is 8.34. The predicted molar refractivity (Wildman–Crippen MR) is 70.3 cm³/mol. The highest BCUT2D eigenvalue weighted by atomic mass is 32.1. The Morgan fingerprint density at radius 2 is 2.35 bits per heavy atom. The van der Waals surface area contributed by atoms with E-state index in [0.717, 1.165) is 51.3 Å². The third-order valence-corrected chi connectivity index (χ3v) is 3.66. The fourth-order valence-electron chi connectivity index (χ4n) is 2.01. The van der Waals surface area contributed by atoms with Gasteiger partial charge in [0.1, 0.15) is 0 Å². The highest BCUT2D eigenvalue weighted by molar-refractivity contribution is 7.07. The lowest BCUT2D eigenvalue weighted by Crippen LogP contribution is -2.34. The van der Waals surface area contributed by atoms with Gasteiger partial charge in [-0.25, -0.2) is 4.98 Å². The van der Waals surface area contributed by atoms with Gasteiger partial charge in [0.05, 0.1) is 23.9 Å². The number of ether oxygens (including phenoxy) is 1. The average molecular weight is 255 g/mol. The van der Waals surface area contributed by atoms with Crippen LogP contribution < -0.4 is 5.32 Å². The molecule has 1 aliphatic heterocycles. The van der Waals surface area contributed by atoms with Crippen molar-refractivity contribution >= 4 is 11.3 Å².